The van der Waals surface area contributed by atoms with Crippen LogP contribution in [0.15, 0.2) is 0 Å². The molecule has 1 aliphatic heterocycles. The summed E-state index contributed by atoms with van der Waals surface area (Å²) >= 11 is 0. The fraction of sp³-hybridized carbons (Fsp3) is 0.889. The third kappa shape index (κ3) is 1.33. The van der Waals surface area contributed by atoms with Crippen LogP contribution in [0.1, 0.15) is 19.3 Å². The van der Waals surface area contributed by atoms with Crippen LogP contribution < -0.4 is 5.32 Å². The van der Waals surface area contributed by atoms with Crippen LogP contribution in [0.4, 0.5) is 0 Å². The average Bonchev–Trinajstić information content (AvgIpc) is 2.62. The number of hydrogen-bond acceptors (Lipinski definition) is 2. The molecule has 0 aromatic rings. The molecule has 2 aliphatic rings. The summed E-state index contributed by atoms with van der Waals surface area (Å²) in [5.41, 5.74) is 0.573. The van der Waals surface area contributed by atoms with Gasteiger partial charge in [-0.3, -0.25) is 4.79 Å². The fourth-order valence-corrected chi connectivity index (χ4v) is 2.00. The van der Waals surface area contributed by atoms with Crippen molar-refractivity contribution in [2.24, 2.45) is 5.41 Å². The van der Waals surface area contributed by atoms with Crippen molar-refractivity contribution >= 4 is 5.91 Å². The van der Waals surface area contributed by atoms with Crippen molar-refractivity contribution < 1.29 is 4.79 Å². The van der Waals surface area contributed by atoms with Crippen LogP contribution in [0.5, 0.6) is 0 Å². The molecule has 1 heterocycles. The molecule has 3 heteroatoms. The molecule has 1 amide bonds. The van der Waals surface area contributed by atoms with E-state index in [1.807, 2.05) is 11.9 Å². The van der Waals surface area contributed by atoms with Gasteiger partial charge in [0.15, 0.2) is 0 Å². The molecular formula is C9H16N2O. The van der Waals surface area contributed by atoms with E-state index in [0.717, 1.165) is 13.1 Å². The van der Waals surface area contributed by atoms with E-state index in [2.05, 4.69) is 5.32 Å². The number of likely N-dealkylation sites (tertiary alicyclic amines) is 1. The van der Waals surface area contributed by atoms with Gasteiger partial charge in [-0.15, -0.1) is 0 Å². The van der Waals surface area contributed by atoms with Gasteiger partial charge >= 0.3 is 0 Å². The van der Waals surface area contributed by atoms with E-state index in [1.54, 1.807) is 0 Å². The second-order valence-electron chi connectivity index (χ2n) is 4.10. The summed E-state index contributed by atoms with van der Waals surface area (Å²) < 4.78 is 0. The highest BCUT2D eigenvalue weighted by Crippen LogP contribution is 2.52. The van der Waals surface area contributed by atoms with Gasteiger partial charge < -0.3 is 10.2 Å². The predicted octanol–water partition coefficient (Wildman–Crippen LogP) is 0.218. The molecule has 1 spiro atoms. The summed E-state index contributed by atoms with van der Waals surface area (Å²) in [6.07, 6.45) is 3.93. The van der Waals surface area contributed by atoms with E-state index in [9.17, 15) is 4.79 Å². The van der Waals surface area contributed by atoms with Crippen LogP contribution in [0.2, 0.25) is 0 Å². The van der Waals surface area contributed by atoms with E-state index in [1.165, 1.54) is 19.3 Å². The number of amides is 1. The van der Waals surface area contributed by atoms with Crippen LogP contribution in [0.25, 0.3) is 0 Å². The SMILES string of the molecule is CNCC(=O)N1CCC2(CC2)C1. The monoisotopic (exact) mass is 168 g/mol. The number of carbonyl (C=O) groups excluding carboxylic acids is 1. The van der Waals surface area contributed by atoms with Gasteiger partial charge in [0.25, 0.3) is 0 Å². The summed E-state index contributed by atoms with van der Waals surface area (Å²) in [5.74, 6) is 0.265. The van der Waals surface area contributed by atoms with E-state index in [-0.39, 0.29) is 5.91 Å². The van der Waals surface area contributed by atoms with E-state index in [0.29, 0.717) is 12.0 Å². The maximum absolute atomic E-state index is 11.4. The molecule has 1 N–H and O–H groups in total. The lowest BCUT2D eigenvalue weighted by Gasteiger charge is -2.15. The van der Waals surface area contributed by atoms with Gasteiger partial charge in [0.2, 0.25) is 5.91 Å². The van der Waals surface area contributed by atoms with Gasteiger partial charge in [-0.25, -0.2) is 0 Å². The molecule has 0 aromatic carbocycles. The summed E-state index contributed by atoms with van der Waals surface area (Å²) in [6.45, 7) is 2.50. The van der Waals surface area contributed by atoms with Crippen LogP contribution >= 0.6 is 0 Å². The van der Waals surface area contributed by atoms with Crippen LogP contribution in [-0.4, -0.2) is 37.5 Å². The number of rotatable bonds is 2. The Balaban J connectivity index is 1.86. The minimum absolute atomic E-state index is 0.265. The summed E-state index contributed by atoms with van der Waals surface area (Å²) in [5, 5.41) is 2.90. The molecule has 2 rings (SSSR count). The number of carbonyl (C=O) groups is 1. The highest BCUT2D eigenvalue weighted by molar-refractivity contribution is 5.78. The van der Waals surface area contributed by atoms with E-state index < -0.39 is 0 Å². The Kier molecular flexibility index (Phi) is 1.83. The van der Waals surface area contributed by atoms with Gasteiger partial charge in [-0.1, -0.05) is 0 Å². The summed E-state index contributed by atoms with van der Waals surface area (Å²) in [4.78, 5) is 13.4. The standard InChI is InChI=1S/C9H16N2O/c1-10-6-8(12)11-5-4-9(7-11)2-3-9/h10H,2-7H2,1H3. The molecule has 1 saturated carbocycles. The molecule has 0 atom stereocenters. The summed E-state index contributed by atoms with van der Waals surface area (Å²) in [7, 11) is 1.82. The quantitative estimate of drug-likeness (QED) is 0.639. The lowest BCUT2D eigenvalue weighted by atomic mass is 10.1. The Morgan fingerprint density at radius 2 is 2.25 bits per heavy atom. The highest BCUT2D eigenvalue weighted by Gasteiger charge is 2.48. The number of nitrogens with one attached hydrogen (secondary N) is 1. The molecule has 68 valence electrons. The third-order valence-corrected chi connectivity index (χ3v) is 3.08. The van der Waals surface area contributed by atoms with E-state index >= 15 is 0 Å². The number of hydrogen-bond donors (Lipinski definition) is 1. The first kappa shape index (κ1) is 8.05. The zero-order valence-corrected chi connectivity index (χ0v) is 7.60. The lowest BCUT2D eigenvalue weighted by molar-refractivity contribution is -0.129. The molecule has 1 saturated heterocycles. The van der Waals surface area contributed by atoms with Crippen molar-refractivity contribution in [3.8, 4) is 0 Å². The maximum Gasteiger partial charge on any atom is 0.236 e. The third-order valence-electron chi connectivity index (χ3n) is 3.08. The zero-order chi connectivity index (χ0) is 8.60. The Hall–Kier alpha value is -0.570. The normalized spacial score (nSPS) is 24.9. The van der Waals surface area contributed by atoms with Crippen LogP contribution in [0.3, 0.4) is 0 Å². The van der Waals surface area contributed by atoms with Gasteiger partial charge in [-0.2, -0.15) is 0 Å². The van der Waals surface area contributed by atoms with Gasteiger partial charge in [0.1, 0.15) is 0 Å². The molecule has 3 nitrogen and oxygen atoms in total. The average molecular weight is 168 g/mol. The molecule has 2 fully saturated rings. The second-order valence-corrected chi connectivity index (χ2v) is 4.10. The van der Waals surface area contributed by atoms with E-state index in [4.69, 9.17) is 0 Å². The Bertz CT molecular complexity index is 199. The second kappa shape index (κ2) is 2.73. The molecule has 0 bridgehead atoms. The largest absolute Gasteiger partial charge is 0.341 e. The minimum Gasteiger partial charge on any atom is -0.341 e. The summed E-state index contributed by atoms with van der Waals surface area (Å²) in [6, 6.07) is 0. The Labute approximate surface area is 73.1 Å². The molecule has 1 aliphatic carbocycles. The Morgan fingerprint density at radius 3 is 2.75 bits per heavy atom. The van der Waals surface area contributed by atoms with Gasteiger partial charge in [0.05, 0.1) is 6.54 Å². The van der Waals surface area contributed by atoms with Crippen LogP contribution in [0, 0.1) is 5.41 Å². The topological polar surface area (TPSA) is 32.3 Å². The number of nitrogens with zero attached hydrogens (tertiary/aromatic N) is 1. The van der Waals surface area contributed by atoms with Crippen molar-refractivity contribution in [1.29, 1.82) is 0 Å². The minimum atomic E-state index is 0.265. The van der Waals surface area contributed by atoms with Crippen molar-refractivity contribution in [2.75, 3.05) is 26.7 Å². The molecule has 12 heavy (non-hydrogen) atoms. The fourth-order valence-electron chi connectivity index (χ4n) is 2.00. The first-order valence-electron chi connectivity index (χ1n) is 4.68. The van der Waals surface area contributed by atoms with Crippen molar-refractivity contribution in [2.45, 2.75) is 19.3 Å². The lowest BCUT2D eigenvalue weighted by Crippen LogP contribution is -2.35. The Morgan fingerprint density at radius 1 is 1.50 bits per heavy atom. The number of likely N-dealkylation sites (N-methyl/N-ethyl adjacent to an activating group) is 1. The van der Waals surface area contributed by atoms with Gasteiger partial charge in [0, 0.05) is 13.1 Å². The molecule has 0 radical (unpaired) electrons. The first-order valence-corrected chi connectivity index (χ1v) is 4.68. The van der Waals surface area contributed by atoms with Gasteiger partial charge in [-0.05, 0) is 31.7 Å². The smallest absolute Gasteiger partial charge is 0.236 e. The maximum atomic E-state index is 11.4. The van der Waals surface area contributed by atoms with Crippen molar-refractivity contribution in [3.05, 3.63) is 0 Å². The molecular weight excluding hydrogens is 152 g/mol. The zero-order valence-electron chi connectivity index (χ0n) is 7.60. The molecule has 0 unspecified atom stereocenters. The van der Waals surface area contributed by atoms with Crippen molar-refractivity contribution in [3.63, 3.8) is 0 Å². The molecule has 0 aromatic heterocycles. The predicted molar refractivity (Wildman–Crippen MR) is 46.8 cm³/mol. The first-order chi connectivity index (χ1) is 5.76. The highest BCUT2D eigenvalue weighted by atomic mass is 16.2. The van der Waals surface area contributed by atoms with Crippen LogP contribution in [-0.2, 0) is 4.79 Å². The van der Waals surface area contributed by atoms with Crippen molar-refractivity contribution in [1.82, 2.24) is 10.2 Å².